The summed E-state index contributed by atoms with van der Waals surface area (Å²) in [6.07, 6.45) is 0. The van der Waals surface area contributed by atoms with Gasteiger partial charge in [0, 0.05) is 6.54 Å². The molecule has 19 heavy (non-hydrogen) atoms. The Balaban J connectivity index is 2.78. The maximum atomic E-state index is 12.4. The second kappa shape index (κ2) is 4.80. The van der Waals surface area contributed by atoms with Gasteiger partial charge in [0.2, 0.25) is 0 Å². The van der Waals surface area contributed by atoms with Gasteiger partial charge in [-0.25, -0.2) is 0 Å². The average molecular weight is 421 g/mol. The Kier molecular flexibility index (Phi) is 3.41. The van der Waals surface area contributed by atoms with Gasteiger partial charge in [0.15, 0.2) is 0 Å². The molecule has 0 radical (unpaired) electrons. The van der Waals surface area contributed by atoms with Gasteiger partial charge in [-0.3, -0.25) is 14.2 Å². The second-order valence-corrected chi connectivity index (χ2v) is 8.80. The predicted octanol–water partition coefficient (Wildman–Crippen LogP) is 4.18. The third-order valence-electron chi connectivity index (χ3n) is 2.88. The van der Waals surface area contributed by atoms with Crippen molar-refractivity contribution < 1.29 is 0 Å². The van der Waals surface area contributed by atoms with Gasteiger partial charge in [-0.1, -0.05) is 0 Å². The molecular formula is C12H7Br2NO2S2. The summed E-state index contributed by atoms with van der Waals surface area (Å²) in [4.78, 5) is 24.9. The molecule has 0 bridgehead atoms. The van der Waals surface area contributed by atoms with E-state index in [4.69, 9.17) is 0 Å². The minimum absolute atomic E-state index is 0.219. The van der Waals surface area contributed by atoms with Gasteiger partial charge in [-0.15, -0.1) is 22.7 Å². The maximum absolute atomic E-state index is 12.4. The molecule has 0 N–H and O–H groups in total. The zero-order valence-electron chi connectivity index (χ0n) is 9.70. The van der Waals surface area contributed by atoms with E-state index in [1.165, 1.54) is 27.2 Å². The molecule has 0 fully saturated rings. The Morgan fingerprint density at radius 2 is 1.42 bits per heavy atom. The molecule has 3 heterocycles. The molecule has 0 saturated heterocycles. The zero-order chi connectivity index (χ0) is 13.7. The highest BCUT2D eigenvalue weighted by atomic mass is 79.9. The van der Waals surface area contributed by atoms with Gasteiger partial charge >= 0.3 is 0 Å². The van der Waals surface area contributed by atoms with E-state index in [0.29, 0.717) is 17.3 Å². The number of hydrogen-bond acceptors (Lipinski definition) is 4. The zero-order valence-corrected chi connectivity index (χ0v) is 14.5. The van der Waals surface area contributed by atoms with Gasteiger partial charge in [-0.05, 0) is 50.9 Å². The molecule has 0 spiro atoms. The van der Waals surface area contributed by atoms with Gasteiger partial charge in [0.05, 0.1) is 27.7 Å². The molecule has 0 atom stereocenters. The summed E-state index contributed by atoms with van der Waals surface area (Å²) in [5.41, 5.74) is -0.437. The fourth-order valence-electron chi connectivity index (χ4n) is 2.05. The Hall–Kier alpha value is -0.500. The average Bonchev–Trinajstić information content (AvgIpc) is 2.90. The van der Waals surface area contributed by atoms with Gasteiger partial charge < -0.3 is 0 Å². The van der Waals surface area contributed by atoms with Crippen molar-refractivity contribution in [1.82, 2.24) is 4.57 Å². The molecule has 0 amide bonds. The van der Waals surface area contributed by atoms with Crippen LogP contribution in [-0.4, -0.2) is 4.57 Å². The fraction of sp³-hybridized carbons (Fsp3) is 0.167. The molecule has 7 heteroatoms. The first-order valence-corrected chi connectivity index (χ1v) is 8.70. The Morgan fingerprint density at radius 1 is 1.00 bits per heavy atom. The Labute approximate surface area is 132 Å². The molecule has 3 rings (SSSR count). The lowest BCUT2D eigenvalue weighted by atomic mass is 10.3. The predicted molar refractivity (Wildman–Crippen MR) is 88.8 cm³/mol. The molecule has 0 aliphatic heterocycles. The standard InChI is InChI=1S/C12H7Br2NO2S2/c1-2-15-11(16)5-3-7(13)18-9(5)10-6(12(15)17)4-8(14)19-10/h3-4H,2H2,1H3. The number of halogens is 2. The van der Waals surface area contributed by atoms with Crippen molar-refractivity contribution in [2.45, 2.75) is 13.5 Å². The third kappa shape index (κ3) is 2.03. The molecule has 0 unspecified atom stereocenters. The van der Waals surface area contributed by atoms with Crippen molar-refractivity contribution in [1.29, 1.82) is 0 Å². The van der Waals surface area contributed by atoms with Crippen molar-refractivity contribution >= 4 is 74.7 Å². The SMILES string of the molecule is CCn1c(=O)c2cc(Br)sc2c2sc(Br)cc2c1=O. The fourth-order valence-corrected chi connectivity index (χ4v) is 5.39. The lowest BCUT2D eigenvalue weighted by molar-refractivity contribution is 0.715. The highest BCUT2D eigenvalue weighted by molar-refractivity contribution is 9.11. The maximum Gasteiger partial charge on any atom is 0.262 e. The molecule has 0 aliphatic carbocycles. The van der Waals surface area contributed by atoms with Crippen LogP contribution in [0.2, 0.25) is 0 Å². The molecule has 3 nitrogen and oxygen atoms in total. The highest BCUT2D eigenvalue weighted by Gasteiger charge is 2.14. The summed E-state index contributed by atoms with van der Waals surface area (Å²) in [5, 5.41) is 1.19. The summed E-state index contributed by atoms with van der Waals surface area (Å²) in [5.74, 6) is 0. The summed E-state index contributed by atoms with van der Waals surface area (Å²) in [6.45, 7) is 2.18. The van der Waals surface area contributed by atoms with E-state index in [9.17, 15) is 9.59 Å². The van der Waals surface area contributed by atoms with E-state index >= 15 is 0 Å². The summed E-state index contributed by atoms with van der Waals surface area (Å²) in [6, 6.07) is 3.59. The van der Waals surface area contributed by atoms with Crippen molar-refractivity contribution in [2.24, 2.45) is 0 Å². The quantitative estimate of drug-likeness (QED) is 0.592. The van der Waals surface area contributed by atoms with Crippen LogP contribution < -0.4 is 11.1 Å². The van der Waals surface area contributed by atoms with Crippen LogP contribution in [0.4, 0.5) is 0 Å². The number of thiophene rings is 2. The Bertz CT molecular complexity index is 850. The molecule has 0 saturated carbocycles. The van der Waals surface area contributed by atoms with Gasteiger partial charge in [-0.2, -0.15) is 0 Å². The van der Waals surface area contributed by atoms with E-state index in [1.807, 2.05) is 6.92 Å². The van der Waals surface area contributed by atoms with Crippen LogP contribution in [0.3, 0.4) is 0 Å². The van der Waals surface area contributed by atoms with E-state index in [1.54, 1.807) is 12.1 Å². The lowest BCUT2D eigenvalue weighted by Gasteiger charge is -1.93. The first-order chi connectivity index (χ1) is 9.02. The summed E-state index contributed by atoms with van der Waals surface area (Å²) < 4.78 is 4.82. The van der Waals surface area contributed by atoms with Crippen LogP contribution in [0, 0.1) is 0 Å². The summed E-state index contributed by atoms with van der Waals surface area (Å²) in [7, 11) is 0. The number of rotatable bonds is 1. The van der Waals surface area contributed by atoms with Crippen LogP contribution in [0.25, 0.3) is 20.2 Å². The number of hydrogen-bond donors (Lipinski definition) is 0. The first kappa shape index (κ1) is 13.5. The normalized spacial score (nSPS) is 11.5. The van der Waals surface area contributed by atoms with Crippen LogP contribution in [0.15, 0.2) is 29.3 Å². The number of aromatic nitrogens is 1. The van der Waals surface area contributed by atoms with E-state index in [0.717, 1.165) is 17.0 Å². The molecular weight excluding hydrogens is 414 g/mol. The molecule has 98 valence electrons. The van der Waals surface area contributed by atoms with Crippen molar-refractivity contribution in [3.8, 4) is 0 Å². The van der Waals surface area contributed by atoms with Crippen LogP contribution in [0.5, 0.6) is 0 Å². The minimum Gasteiger partial charge on any atom is -0.275 e. The van der Waals surface area contributed by atoms with E-state index < -0.39 is 0 Å². The second-order valence-electron chi connectivity index (χ2n) is 3.94. The van der Waals surface area contributed by atoms with Crippen molar-refractivity contribution in [3.05, 3.63) is 40.4 Å². The van der Waals surface area contributed by atoms with Crippen molar-refractivity contribution in [3.63, 3.8) is 0 Å². The molecule has 0 aromatic carbocycles. The monoisotopic (exact) mass is 419 g/mol. The lowest BCUT2D eigenvalue weighted by Crippen LogP contribution is -2.29. The minimum atomic E-state index is -0.219. The topological polar surface area (TPSA) is 39.1 Å². The molecule has 3 aromatic rings. The van der Waals surface area contributed by atoms with Gasteiger partial charge in [0.25, 0.3) is 11.1 Å². The summed E-state index contributed by atoms with van der Waals surface area (Å²) >= 11 is 9.80. The molecule has 0 aliphatic rings. The third-order valence-corrected chi connectivity index (χ3v) is 6.32. The number of fused-ring (bicyclic) bond motifs is 3. The highest BCUT2D eigenvalue weighted by Crippen LogP contribution is 2.37. The van der Waals surface area contributed by atoms with E-state index in [-0.39, 0.29) is 11.1 Å². The van der Waals surface area contributed by atoms with Crippen LogP contribution >= 0.6 is 54.5 Å². The van der Waals surface area contributed by atoms with Crippen molar-refractivity contribution in [2.75, 3.05) is 0 Å². The van der Waals surface area contributed by atoms with E-state index in [2.05, 4.69) is 31.9 Å². The first-order valence-electron chi connectivity index (χ1n) is 5.48. The van der Waals surface area contributed by atoms with Crippen LogP contribution in [0.1, 0.15) is 6.92 Å². The molecule has 3 aromatic heterocycles. The number of nitrogens with zero attached hydrogens (tertiary/aromatic N) is 1. The van der Waals surface area contributed by atoms with Gasteiger partial charge in [0.1, 0.15) is 0 Å². The smallest absolute Gasteiger partial charge is 0.262 e. The largest absolute Gasteiger partial charge is 0.275 e. The Morgan fingerprint density at radius 3 is 1.79 bits per heavy atom. The van der Waals surface area contributed by atoms with Crippen LogP contribution in [-0.2, 0) is 6.54 Å².